The molecule has 7 nitrogen and oxygen atoms in total. The van der Waals surface area contributed by atoms with Crippen LogP contribution in [0.3, 0.4) is 0 Å². The van der Waals surface area contributed by atoms with Crippen LogP contribution in [0.4, 0.5) is 8.78 Å². The Labute approximate surface area is 181 Å². The fourth-order valence-corrected chi connectivity index (χ4v) is 4.27. The topological polar surface area (TPSA) is 84.3 Å². The minimum atomic E-state index is -0.966. The second kappa shape index (κ2) is 7.37. The Hall–Kier alpha value is -3.88. The Balaban J connectivity index is 1.46. The average molecular weight is 436 g/mol. The lowest BCUT2D eigenvalue weighted by Gasteiger charge is -2.29. The average Bonchev–Trinajstić information content (AvgIpc) is 3.30. The summed E-state index contributed by atoms with van der Waals surface area (Å²) in [6, 6.07) is 8.47. The van der Waals surface area contributed by atoms with E-state index in [1.54, 1.807) is 29.9 Å². The molecule has 2 aromatic carbocycles. The Morgan fingerprint density at radius 3 is 2.69 bits per heavy atom. The van der Waals surface area contributed by atoms with Crippen LogP contribution in [0, 0.1) is 11.6 Å². The highest BCUT2D eigenvalue weighted by Gasteiger charge is 2.39. The monoisotopic (exact) mass is 436 g/mol. The molecular formula is C23H18F2N4O3. The number of hydrogen-bond donors (Lipinski definition) is 1. The number of imide groups is 1. The zero-order valence-electron chi connectivity index (χ0n) is 17.1. The number of aryl methyl sites for hydroxylation is 1. The minimum Gasteiger partial charge on any atom is -0.333 e. The molecule has 9 heteroatoms. The van der Waals surface area contributed by atoms with E-state index in [4.69, 9.17) is 0 Å². The van der Waals surface area contributed by atoms with Crippen molar-refractivity contribution in [2.75, 3.05) is 0 Å². The van der Waals surface area contributed by atoms with E-state index >= 15 is 0 Å². The zero-order valence-corrected chi connectivity index (χ0v) is 17.1. The van der Waals surface area contributed by atoms with Crippen molar-refractivity contribution < 1.29 is 23.2 Å². The summed E-state index contributed by atoms with van der Waals surface area (Å²) in [6.07, 6.45) is 2.19. The summed E-state index contributed by atoms with van der Waals surface area (Å²) in [4.78, 5) is 42.4. The Morgan fingerprint density at radius 1 is 1.09 bits per heavy atom. The number of carbonyl (C=O) groups excluding carboxylic acids is 3. The van der Waals surface area contributed by atoms with Crippen LogP contribution < -0.4 is 5.32 Å². The van der Waals surface area contributed by atoms with Gasteiger partial charge in [-0.3, -0.25) is 19.7 Å². The van der Waals surface area contributed by atoms with E-state index in [9.17, 15) is 23.2 Å². The molecule has 5 rings (SSSR count). The van der Waals surface area contributed by atoms with Gasteiger partial charge in [0.1, 0.15) is 11.9 Å². The molecule has 1 N–H and O–H groups in total. The standard InChI is InChI=1S/C23H18F2N4O3/c1-28-11-17(26-21(28)15-3-2-4-16(24)20(15)25)12-5-6-14-13(9-12)10-29(23(14)32)18-7-8-19(30)27-22(18)31/h2-6,9,11,18H,7-8,10H2,1H3,(H,27,30,31). The molecule has 0 aliphatic carbocycles. The first-order valence-corrected chi connectivity index (χ1v) is 10.1. The maximum Gasteiger partial charge on any atom is 0.255 e. The minimum absolute atomic E-state index is 0.0547. The van der Waals surface area contributed by atoms with Gasteiger partial charge in [0.05, 0.1) is 11.3 Å². The molecule has 3 aromatic rings. The summed E-state index contributed by atoms with van der Waals surface area (Å²) in [5.74, 6) is -2.69. The molecule has 3 heterocycles. The van der Waals surface area contributed by atoms with Gasteiger partial charge in [0.15, 0.2) is 11.6 Å². The number of nitrogens with one attached hydrogen (secondary N) is 1. The van der Waals surface area contributed by atoms with Gasteiger partial charge in [-0.25, -0.2) is 13.8 Å². The van der Waals surface area contributed by atoms with Crippen LogP contribution in [0.1, 0.15) is 28.8 Å². The first-order valence-electron chi connectivity index (χ1n) is 10.1. The van der Waals surface area contributed by atoms with Gasteiger partial charge in [-0.15, -0.1) is 0 Å². The molecule has 3 amide bonds. The predicted octanol–water partition coefficient (Wildman–Crippen LogP) is 2.79. The van der Waals surface area contributed by atoms with E-state index in [0.717, 1.165) is 11.6 Å². The van der Waals surface area contributed by atoms with Gasteiger partial charge in [0.2, 0.25) is 11.8 Å². The Bertz CT molecular complexity index is 1300. The number of benzene rings is 2. The number of amides is 3. The van der Waals surface area contributed by atoms with Crippen LogP contribution in [0.5, 0.6) is 0 Å². The zero-order chi connectivity index (χ0) is 22.6. The van der Waals surface area contributed by atoms with Crippen molar-refractivity contribution in [3.05, 3.63) is 65.4 Å². The summed E-state index contributed by atoms with van der Waals surface area (Å²) in [6.45, 7) is 0.243. The first kappa shape index (κ1) is 20.0. The molecule has 1 unspecified atom stereocenters. The number of aromatic nitrogens is 2. The van der Waals surface area contributed by atoms with E-state index in [1.807, 2.05) is 6.07 Å². The van der Waals surface area contributed by atoms with Gasteiger partial charge in [-0.05, 0) is 36.2 Å². The molecule has 32 heavy (non-hydrogen) atoms. The maximum absolute atomic E-state index is 14.3. The normalized spacial score (nSPS) is 18.2. The predicted molar refractivity (Wildman–Crippen MR) is 110 cm³/mol. The van der Waals surface area contributed by atoms with Crippen molar-refractivity contribution >= 4 is 17.7 Å². The van der Waals surface area contributed by atoms with Gasteiger partial charge in [0.25, 0.3) is 5.91 Å². The summed E-state index contributed by atoms with van der Waals surface area (Å²) < 4.78 is 29.5. The van der Waals surface area contributed by atoms with Crippen molar-refractivity contribution in [2.45, 2.75) is 25.4 Å². The fraction of sp³-hybridized carbons (Fsp3) is 0.217. The highest BCUT2D eigenvalue weighted by Crippen LogP contribution is 2.32. The molecule has 162 valence electrons. The van der Waals surface area contributed by atoms with Gasteiger partial charge >= 0.3 is 0 Å². The second-order valence-electron chi connectivity index (χ2n) is 7.93. The summed E-state index contributed by atoms with van der Waals surface area (Å²) in [5.41, 5.74) is 2.53. The number of carbonyl (C=O) groups is 3. The van der Waals surface area contributed by atoms with E-state index in [-0.39, 0.29) is 36.2 Å². The van der Waals surface area contributed by atoms with Crippen LogP contribution in [0.25, 0.3) is 22.6 Å². The lowest BCUT2D eigenvalue weighted by atomic mass is 10.0. The molecule has 1 atom stereocenters. The number of rotatable bonds is 3. The number of imidazole rings is 1. The number of halogens is 2. The van der Waals surface area contributed by atoms with Crippen molar-refractivity contribution in [1.29, 1.82) is 0 Å². The molecule has 1 aromatic heterocycles. The fourth-order valence-electron chi connectivity index (χ4n) is 4.27. The molecule has 0 spiro atoms. The van der Waals surface area contributed by atoms with Crippen molar-refractivity contribution in [3.8, 4) is 22.6 Å². The maximum atomic E-state index is 14.3. The lowest BCUT2D eigenvalue weighted by Crippen LogP contribution is -2.52. The van der Waals surface area contributed by atoms with Gasteiger partial charge < -0.3 is 9.47 Å². The quantitative estimate of drug-likeness (QED) is 0.640. The number of nitrogens with zero attached hydrogens (tertiary/aromatic N) is 3. The first-order chi connectivity index (χ1) is 15.3. The molecule has 2 aliphatic heterocycles. The Morgan fingerprint density at radius 2 is 1.91 bits per heavy atom. The van der Waals surface area contributed by atoms with Gasteiger partial charge in [-0.2, -0.15) is 0 Å². The SMILES string of the molecule is Cn1cc(-c2ccc3c(c2)CN(C2CCC(=O)NC2=O)C3=O)nc1-c1cccc(F)c1F. The van der Waals surface area contributed by atoms with E-state index in [0.29, 0.717) is 23.2 Å². The Kier molecular flexibility index (Phi) is 4.61. The molecular weight excluding hydrogens is 418 g/mol. The van der Waals surface area contributed by atoms with Crippen molar-refractivity contribution in [2.24, 2.45) is 7.05 Å². The molecule has 2 aliphatic rings. The molecule has 0 bridgehead atoms. The third kappa shape index (κ3) is 3.17. The van der Waals surface area contributed by atoms with Crippen molar-refractivity contribution in [3.63, 3.8) is 0 Å². The van der Waals surface area contributed by atoms with Crippen LogP contribution >= 0.6 is 0 Å². The number of piperidine rings is 1. The van der Waals surface area contributed by atoms with E-state index in [2.05, 4.69) is 10.3 Å². The van der Waals surface area contributed by atoms with E-state index in [1.165, 1.54) is 17.0 Å². The highest BCUT2D eigenvalue weighted by molar-refractivity contribution is 6.05. The lowest BCUT2D eigenvalue weighted by molar-refractivity contribution is -0.136. The van der Waals surface area contributed by atoms with Crippen molar-refractivity contribution in [1.82, 2.24) is 19.8 Å². The third-order valence-electron chi connectivity index (χ3n) is 5.89. The summed E-state index contributed by atoms with van der Waals surface area (Å²) >= 11 is 0. The summed E-state index contributed by atoms with van der Waals surface area (Å²) in [7, 11) is 1.69. The third-order valence-corrected chi connectivity index (χ3v) is 5.89. The van der Waals surface area contributed by atoms with Crippen LogP contribution in [0.15, 0.2) is 42.6 Å². The van der Waals surface area contributed by atoms with Crippen LogP contribution in [0.2, 0.25) is 0 Å². The van der Waals surface area contributed by atoms with Gasteiger partial charge in [-0.1, -0.05) is 12.1 Å². The smallest absolute Gasteiger partial charge is 0.255 e. The summed E-state index contributed by atoms with van der Waals surface area (Å²) in [5, 5.41) is 2.28. The molecule has 1 saturated heterocycles. The molecule has 0 saturated carbocycles. The number of hydrogen-bond acceptors (Lipinski definition) is 4. The van der Waals surface area contributed by atoms with E-state index < -0.39 is 23.6 Å². The largest absolute Gasteiger partial charge is 0.333 e. The van der Waals surface area contributed by atoms with Gasteiger partial charge in [0, 0.05) is 37.3 Å². The van der Waals surface area contributed by atoms with Crippen LogP contribution in [-0.4, -0.2) is 38.2 Å². The van der Waals surface area contributed by atoms with Crippen LogP contribution in [-0.2, 0) is 23.2 Å². The highest BCUT2D eigenvalue weighted by atomic mass is 19.2. The molecule has 0 radical (unpaired) electrons. The number of fused-ring (bicyclic) bond motifs is 1. The second-order valence-corrected chi connectivity index (χ2v) is 7.93. The molecule has 1 fully saturated rings.